The quantitative estimate of drug-likeness (QED) is 0.222. The van der Waals surface area contributed by atoms with Crippen LogP contribution in [0.15, 0.2) is 66.7 Å². The van der Waals surface area contributed by atoms with Gasteiger partial charge in [-0.15, -0.1) is 0 Å². The number of nitrogens with zero attached hydrogens (tertiary/aromatic N) is 2. The van der Waals surface area contributed by atoms with Crippen LogP contribution in [0.5, 0.6) is 0 Å². The molecule has 0 saturated heterocycles. The van der Waals surface area contributed by atoms with Crippen molar-refractivity contribution in [2.24, 2.45) is 0 Å². The fourth-order valence-corrected chi connectivity index (χ4v) is 5.75. The van der Waals surface area contributed by atoms with E-state index in [2.05, 4.69) is 5.32 Å². The van der Waals surface area contributed by atoms with Crippen LogP contribution < -0.4 is 9.62 Å². The van der Waals surface area contributed by atoms with Crippen LogP contribution in [-0.2, 0) is 38.8 Å². The monoisotopic (exact) mass is 691 g/mol. The second-order valence-corrected chi connectivity index (χ2v) is 13.4. The highest BCUT2D eigenvalue weighted by molar-refractivity contribution is 7.92. The van der Waals surface area contributed by atoms with Crippen LogP contribution >= 0.6 is 34.8 Å². The summed E-state index contributed by atoms with van der Waals surface area (Å²) in [6, 6.07) is 14.3. The summed E-state index contributed by atoms with van der Waals surface area (Å²) in [5.74, 6) is -1.37. The molecule has 0 aliphatic rings. The van der Waals surface area contributed by atoms with Crippen LogP contribution in [0.2, 0.25) is 15.1 Å². The van der Waals surface area contributed by atoms with Crippen molar-refractivity contribution < 1.29 is 31.2 Å². The van der Waals surface area contributed by atoms with E-state index in [1.165, 1.54) is 17.0 Å². The molecule has 0 heterocycles. The molecule has 238 valence electrons. The van der Waals surface area contributed by atoms with Crippen molar-refractivity contribution in [2.75, 3.05) is 17.1 Å². The Hall–Kier alpha value is -2.99. The molecule has 2 atom stereocenters. The lowest BCUT2D eigenvalue weighted by molar-refractivity contribution is -0.140. The number of anilines is 1. The normalized spacial score (nSPS) is 13.2. The number of amides is 2. The molecular weight excluding hydrogens is 662 g/mol. The highest BCUT2D eigenvalue weighted by Crippen LogP contribution is 2.36. The van der Waals surface area contributed by atoms with Crippen LogP contribution in [0.4, 0.5) is 18.9 Å². The third-order valence-electron chi connectivity index (χ3n) is 6.83. The van der Waals surface area contributed by atoms with Gasteiger partial charge in [0.2, 0.25) is 21.8 Å². The van der Waals surface area contributed by atoms with Gasteiger partial charge in [0.25, 0.3) is 0 Å². The van der Waals surface area contributed by atoms with Crippen molar-refractivity contribution in [1.29, 1.82) is 0 Å². The van der Waals surface area contributed by atoms with Gasteiger partial charge >= 0.3 is 6.18 Å². The van der Waals surface area contributed by atoms with E-state index in [1.54, 1.807) is 43.3 Å². The van der Waals surface area contributed by atoms with Crippen molar-refractivity contribution in [2.45, 2.75) is 51.5 Å². The Labute approximate surface area is 269 Å². The number of carbonyl (C=O) groups excluding carboxylic acids is 2. The zero-order valence-electron chi connectivity index (χ0n) is 24.0. The maximum absolute atomic E-state index is 14.1. The predicted molar refractivity (Wildman–Crippen MR) is 167 cm³/mol. The standard InChI is InChI=1S/C30H31Cl3F3N3O4S/c1-4-19(2)37-29(41)27(15-20-8-6-5-7-9-20)38(17-21-10-12-23(31)25(33)14-21)28(40)18-39(44(3,42)43)26-16-22(30(34,35)36)11-13-24(26)32/h5-14,16,19,27H,4,15,17-18H2,1-3H3,(H,37,41)/t19-,27-/m0/s1. The van der Waals surface area contributed by atoms with Crippen molar-refractivity contribution in [3.63, 3.8) is 0 Å². The van der Waals surface area contributed by atoms with E-state index in [9.17, 15) is 31.2 Å². The maximum Gasteiger partial charge on any atom is 0.416 e. The number of sulfonamides is 1. The number of rotatable bonds is 12. The predicted octanol–water partition coefficient (Wildman–Crippen LogP) is 6.99. The van der Waals surface area contributed by atoms with E-state index in [1.807, 2.05) is 6.92 Å². The van der Waals surface area contributed by atoms with Crippen molar-refractivity contribution >= 4 is 62.3 Å². The zero-order valence-corrected chi connectivity index (χ0v) is 27.1. The summed E-state index contributed by atoms with van der Waals surface area (Å²) < 4.78 is 67.0. The number of halogens is 6. The summed E-state index contributed by atoms with van der Waals surface area (Å²) in [6.07, 6.45) is -3.40. The van der Waals surface area contributed by atoms with E-state index in [0.29, 0.717) is 34.0 Å². The summed E-state index contributed by atoms with van der Waals surface area (Å²) in [7, 11) is -4.35. The Morgan fingerprint density at radius 2 is 1.55 bits per heavy atom. The molecule has 0 bridgehead atoms. The first-order chi connectivity index (χ1) is 20.5. The van der Waals surface area contributed by atoms with E-state index in [4.69, 9.17) is 34.8 Å². The van der Waals surface area contributed by atoms with Gasteiger partial charge in [0.1, 0.15) is 12.6 Å². The average Bonchev–Trinajstić information content (AvgIpc) is 2.95. The van der Waals surface area contributed by atoms with E-state index in [0.717, 1.165) is 12.3 Å². The van der Waals surface area contributed by atoms with Crippen LogP contribution in [0.1, 0.15) is 37.0 Å². The van der Waals surface area contributed by atoms with Crippen molar-refractivity contribution in [3.05, 3.63) is 98.5 Å². The summed E-state index contributed by atoms with van der Waals surface area (Å²) in [5.41, 5.74) is -0.495. The first-order valence-electron chi connectivity index (χ1n) is 13.4. The highest BCUT2D eigenvalue weighted by Gasteiger charge is 2.36. The zero-order chi connectivity index (χ0) is 32.8. The Balaban J connectivity index is 2.14. The second-order valence-electron chi connectivity index (χ2n) is 10.2. The molecule has 1 N–H and O–H groups in total. The first-order valence-corrected chi connectivity index (χ1v) is 16.4. The average molecular weight is 693 g/mol. The van der Waals surface area contributed by atoms with Gasteiger partial charge in [-0.05, 0) is 54.8 Å². The third-order valence-corrected chi connectivity index (χ3v) is 9.02. The number of hydrogen-bond donors (Lipinski definition) is 1. The number of hydrogen-bond acceptors (Lipinski definition) is 4. The molecule has 0 saturated carbocycles. The van der Waals surface area contributed by atoms with Gasteiger partial charge in [-0.25, -0.2) is 8.42 Å². The third kappa shape index (κ3) is 9.50. The highest BCUT2D eigenvalue weighted by atomic mass is 35.5. The summed E-state index contributed by atoms with van der Waals surface area (Å²) in [5, 5.41) is 3.01. The minimum absolute atomic E-state index is 0.0549. The Morgan fingerprint density at radius 3 is 2.11 bits per heavy atom. The number of carbonyl (C=O) groups is 2. The molecule has 0 radical (unpaired) electrons. The molecule has 0 fully saturated rings. The second kappa shape index (κ2) is 14.9. The Morgan fingerprint density at radius 1 is 0.909 bits per heavy atom. The molecule has 0 spiro atoms. The molecule has 3 aromatic rings. The van der Waals surface area contributed by atoms with Gasteiger partial charge in [0.15, 0.2) is 0 Å². The Bertz CT molecular complexity index is 1590. The van der Waals surface area contributed by atoms with Crippen molar-refractivity contribution in [3.8, 4) is 0 Å². The summed E-state index contributed by atoms with van der Waals surface area (Å²) in [6.45, 7) is 2.53. The largest absolute Gasteiger partial charge is 0.416 e. The molecule has 0 aliphatic carbocycles. The molecule has 7 nitrogen and oxygen atoms in total. The van der Waals surface area contributed by atoms with Gasteiger partial charge < -0.3 is 10.2 Å². The summed E-state index contributed by atoms with van der Waals surface area (Å²) >= 11 is 18.5. The van der Waals surface area contributed by atoms with Gasteiger partial charge in [-0.1, -0.05) is 78.1 Å². The molecule has 3 aromatic carbocycles. The summed E-state index contributed by atoms with van der Waals surface area (Å²) in [4.78, 5) is 29.0. The number of nitrogens with one attached hydrogen (secondary N) is 1. The van der Waals surface area contributed by atoms with Gasteiger partial charge in [0, 0.05) is 19.0 Å². The lowest BCUT2D eigenvalue weighted by Gasteiger charge is -2.34. The Kier molecular flexibility index (Phi) is 12.0. The molecule has 3 rings (SSSR count). The van der Waals surface area contributed by atoms with Gasteiger partial charge in [-0.2, -0.15) is 13.2 Å². The lowest BCUT2D eigenvalue weighted by Crippen LogP contribution is -2.54. The number of alkyl halides is 3. The fraction of sp³-hybridized carbons (Fsp3) is 0.333. The molecule has 0 unspecified atom stereocenters. The minimum Gasteiger partial charge on any atom is -0.352 e. The van der Waals surface area contributed by atoms with E-state index < -0.39 is 51.9 Å². The smallest absolute Gasteiger partial charge is 0.352 e. The number of benzene rings is 3. The molecule has 0 aromatic heterocycles. The van der Waals surface area contributed by atoms with Crippen LogP contribution in [0, 0.1) is 0 Å². The molecule has 44 heavy (non-hydrogen) atoms. The SMILES string of the molecule is CC[C@H](C)NC(=O)[C@H](Cc1ccccc1)N(Cc1ccc(Cl)c(Cl)c1)C(=O)CN(c1cc(C(F)(F)F)ccc1Cl)S(C)(=O)=O. The van der Waals surface area contributed by atoms with Crippen molar-refractivity contribution in [1.82, 2.24) is 10.2 Å². The first kappa shape index (κ1) is 35.5. The fourth-order valence-electron chi connectivity index (χ4n) is 4.30. The molecule has 2 amide bonds. The van der Waals surface area contributed by atoms with E-state index >= 15 is 0 Å². The van der Waals surface area contributed by atoms with Crippen LogP contribution in [0.25, 0.3) is 0 Å². The minimum atomic E-state index is -4.80. The van der Waals surface area contributed by atoms with Crippen LogP contribution in [-0.4, -0.2) is 50.0 Å². The topological polar surface area (TPSA) is 86.8 Å². The van der Waals surface area contributed by atoms with E-state index in [-0.39, 0.29) is 34.1 Å². The van der Waals surface area contributed by atoms with Crippen LogP contribution in [0.3, 0.4) is 0 Å². The van der Waals surface area contributed by atoms with Gasteiger partial charge in [0.05, 0.1) is 32.6 Å². The lowest BCUT2D eigenvalue weighted by atomic mass is 10.0. The van der Waals surface area contributed by atoms with Gasteiger partial charge in [-0.3, -0.25) is 13.9 Å². The molecule has 0 aliphatic heterocycles. The molecular formula is C30H31Cl3F3N3O4S. The maximum atomic E-state index is 14.1. The molecule has 14 heteroatoms.